The Hall–Kier alpha value is 0.550. The lowest BCUT2D eigenvalue weighted by molar-refractivity contribution is 1.72. The van der Waals surface area contributed by atoms with E-state index in [-0.39, 0.29) is 0 Å². The Morgan fingerprint density at radius 1 is 1.38 bits per heavy atom. The molecular formula is C9H6ClIS2. The fraction of sp³-hybridized carbons (Fsp3) is 0.111. The maximum Gasteiger partial charge on any atom is 0.0609 e. The van der Waals surface area contributed by atoms with Gasteiger partial charge in [0.25, 0.3) is 0 Å². The summed E-state index contributed by atoms with van der Waals surface area (Å²) in [6.45, 7) is 0. The van der Waals surface area contributed by atoms with Crippen LogP contribution in [0.1, 0.15) is 0 Å². The molecule has 0 aliphatic heterocycles. The second-order valence-corrected chi connectivity index (χ2v) is 6.39. The van der Waals surface area contributed by atoms with Crippen molar-refractivity contribution in [3.05, 3.63) is 26.8 Å². The number of halogens is 2. The van der Waals surface area contributed by atoms with Gasteiger partial charge in [0.05, 0.1) is 13.9 Å². The second-order valence-electron chi connectivity index (χ2n) is 2.58. The largest absolute Gasteiger partial charge is 0.127 e. The summed E-state index contributed by atoms with van der Waals surface area (Å²) in [5.74, 6) is 0. The average Bonchev–Trinajstić information content (AvgIpc) is 2.47. The summed E-state index contributed by atoms with van der Waals surface area (Å²) in [6, 6.07) is 6.36. The Balaban J connectivity index is 2.75. The first kappa shape index (κ1) is 10.1. The molecule has 1 aromatic carbocycles. The van der Waals surface area contributed by atoms with Crippen molar-refractivity contribution in [3.8, 4) is 0 Å². The molecule has 1 aromatic heterocycles. The number of hydrogen-bond donors (Lipinski definition) is 0. The van der Waals surface area contributed by atoms with Gasteiger partial charge >= 0.3 is 0 Å². The van der Waals surface area contributed by atoms with E-state index in [0.29, 0.717) is 0 Å². The molecule has 0 amide bonds. The van der Waals surface area contributed by atoms with Crippen molar-refractivity contribution in [3.63, 3.8) is 0 Å². The number of thioether (sulfide) groups is 1. The highest BCUT2D eigenvalue weighted by atomic mass is 127. The Labute approximate surface area is 104 Å². The lowest BCUT2D eigenvalue weighted by atomic mass is 10.3. The van der Waals surface area contributed by atoms with E-state index < -0.39 is 0 Å². The third kappa shape index (κ3) is 1.98. The summed E-state index contributed by atoms with van der Waals surface area (Å²) < 4.78 is 3.71. The van der Waals surface area contributed by atoms with Gasteiger partial charge in [0.2, 0.25) is 0 Å². The summed E-state index contributed by atoms with van der Waals surface area (Å²) in [5.41, 5.74) is 0. The van der Waals surface area contributed by atoms with Crippen LogP contribution in [0.3, 0.4) is 0 Å². The van der Waals surface area contributed by atoms with Crippen LogP contribution in [-0.4, -0.2) is 6.26 Å². The van der Waals surface area contributed by atoms with E-state index in [9.17, 15) is 0 Å². The van der Waals surface area contributed by atoms with Crippen LogP contribution in [-0.2, 0) is 0 Å². The van der Waals surface area contributed by atoms with Crippen LogP contribution in [0.2, 0.25) is 5.02 Å². The Bertz CT molecular complexity index is 450. The highest BCUT2D eigenvalue weighted by Crippen LogP contribution is 2.36. The highest BCUT2D eigenvalue weighted by Gasteiger charge is 2.05. The molecule has 13 heavy (non-hydrogen) atoms. The number of benzene rings is 1. The van der Waals surface area contributed by atoms with Crippen LogP contribution in [0.5, 0.6) is 0 Å². The zero-order valence-corrected chi connectivity index (χ0v) is 11.4. The molecule has 0 N–H and O–H groups in total. The first-order valence-electron chi connectivity index (χ1n) is 3.63. The minimum absolute atomic E-state index is 0.868. The predicted molar refractivity (Wildman–Crippen MR) is 71.3 cm³/mol. The molecule has 0 radical (unpaired) electrons. The van der Waals surface area contributed by atoms with Crippen molar-refractivity contribution in [2.45, 2.75) is 4.21 Å². The lowest BCUT2D eigenvalue weighted by Gasteiger charge is -1.93. The molecule has 0 bridgehead atoms. The summed E-state index contributed by atoms with van der Waals surface area (Å²) in [7, 11) is 0. The van der Waals surface area contributed by atoms with Gasteiger partial charge in [-0.2, -0.15) is 0 Å². The van der Waals surface area contributed by atoms with Crippen molar-refractivity contribution in [1.82, 2.24) is 0 Å². The SMILES string of the molecule is CSc1cc2cc(I)cc(Cl)c2s1. The molecule has 2 aromatic rings. The van der Waals surface area contributed by atoms with Crippen LogP contribution < -0.4 is 0 Å². The molecule has 2 rings (SSSR count). The molecule has 0 saturated carbocycles. The standard InChI is InChI=1S/C9H6ClIS2/c1-12-8-3-5-2-6(11)4-7(10)9(5)13-8/h2-4H,1H3. The van der Waals surface area contributed by atoms with Gasteiger partial charge in [-0.1, -0.05) is 11.6 Å². The molecule has 0 aliphatic carbocycles. The number of hydrogen-bond acceptors (Lipinski definition) is 2. The van der Waals surface area contributed by atoms with Crippen LogP contribution >= 0.6 is 57.3 Å². The van der Waals surface area contributed by atoms with E-state index >= 15 is 0 Å². The normalized spacial score (nSPS) is 11.0. The van der Waals surface area contributed by atoms with Gasteiger partial charge in [0, 0.05) is 3.57 Å². The third-order valence-electron chi connectivity index (χ3n) is 1.71. The molecule has 0 spiro atoms. The van der Waals surface area contributed by atoms with Crippen LogP contribution in [0, 0.1) is 3.57 Å². The van der Waals surface area contributed by atoms with Gasteiger partial charge in [-0.15, -0.1) is 23.1 Å². The van der Waals surface area contributed by atoms with Crippen molar-refractivity contribution in [1.29, 1.82) is 0 Å². The Morgan fingerprint density at radius 2 is 2.15 bits per heavy atom. The van der Waals surface area contributed by atoms with Gasteiger partial charge in [-0.05, 0) is 52.4 Å². The highest BCUT2D eigenvalue weighted by molar-refractivity contribution is 14.1. The topological polar surface area (TPSA) is 0 Å². The molecule has 0 saturated heterocycles. The molecule has 0 aliphatic rings. The van der Waals surface area contributed by atoms with E-state index in [2.05, 4.69) is 41.0 Å². The summed E-state index contributed by atoms with van der Waals surface area (Å²) >= 11 is 11.9. The van der Waals surface area contributed by atoms with Crippen LogP contribution in [0.25, 0.3) is 10.1 Å². The van der Waals surface area contributed by atoms with E-state index in [1.807, 2.05) is 6.07 Å². The molecule has 0 fully saturated rings. The van der Waals surface area contributed by atoms with Crippen molar-refractivity contribution in [2.24, 2.45) is 0 Å². The van der Waals surface area contributed by atoms with Crippen molar-refractivity contribution < 1.29 is 0 Å². The van der Waals surface area contributed by atoms with Crippen LogP contribution in [0.15, 0.2) is 22.4 Å². The minimum Gasteiger partial charge on any atom is -0.127 e. The first-order valence-corrected chi connectivity index (χ1v) is 7.13. The molecular weight excluding hydrogens is 335 g/mol. The Morgan fingerprint density at radius 3 is 2.85 bits per heavy atom. The van der Waals surface area contributed by atoms with E-state index in [0.717, 1.165) is 5.02 Å². The molecule has 0 nitrogen and oxygen atoms in total. The van der Waals surface area contributed by atoms with Gasteiger partial charge < -0.3 is 0 Å². The summed E-state index contributed by atoms with van der Waals surface area (Å²) in [6.07, 6.45) is 2.09. The van der Waals surface area contributed by atoms with Gasteiger partial charge in [-0.25, -0.2) is 0 Å². The smallest absolute Gasteiger partial charge is 0.0609 e. The number of thiophene rings is 1. The molecule has 68 valence electrons. The molecule has 0 unspecified atom stereocenters. The third-order valence-corrected chi connectivity index (χ3v) is 5.00. The lowest BCUT2D eigenvalue weighted by Crippen LogP contribution is -1.70. The number of rotatable bonds is 1. The van der Waals surface area contributed by atoms with E-state index in [1.165, 1.54) is 17.9 Å². The molecule has 1 heterocycles. The quantitative estimate of drug-likeness (QED) is 0.526. The van der Waals surface area contributed by atoms with E-state index in [1.54, 1.807) is 23.1 Å². The molecule has 0 atom stereocenters. The van der Waals surface area contributed by atoms with Gasteiger partial charge in [0.15, 0.2) is 0 Å². The van der Waals surface area contributed by atoms with Gasteiger partial charge in [0.1, 0.15) is 0 Å². The van der Waals surface area contributed by atoms with E-state index in [4.69, 9.17) is 11.6 Å². The zero-order chi connectivity index (χ0) is 9.42. The maximum atomic E-state index is 6.13. The first-order chi connectivity index (χ1) is 6.20. The van der Waals surface area contributed by atoms with Crippen molar-refractivity contribution in [2.75, 3.05) is 6.26 Å². The summed E-state index contributed by atoms with van der Waals surface area (Å²) in [4.78, 5) is 0. The van der Waals surface area contributed by atoms with Crippen LogP contribution in [0.4, 0.5) is 0 Å². The average molecular weight is 341 g/mol. The predicted octanol–water partition coefficient (Wildman–Crippen LogP) is 4.88. The molecule has 4 heteroatoms. The zero-order valence-electron chi connectivity index (χ0n) is 6.80. The number of fused-ring (bicyclic) bond motifs is 1. The minimum atomic E-state index is 0.868. The summed E-state index contributed by atoms with van der Waals surface area (Å²) in [5, 5.41) is 2.12. The fourth-order valence-electron chi connectivity index (χ4n) is 1.15. The Kier molecular flexibility index (Phi) is 3.07. The second kappa shape index (κ2) is 3.96. The fourth-order valence-corrected chi connectivity index (χ4v) is 3.93. The maximum absolute atomic E-state index is 6.13. The van der Waals surface area contributed by atoms with Crippen molar-refractivity contribution >= 4 is 67.4 Å². The monoisotopic (exact) mass is 340 g/mol. The van der Waals surface area contributed by atoms with Gasteiger partial charge in [-0.3, -0.25) is 0 Å².